The fraction of sp³-hybridized carbons (Fsp3) is 0.636. The molecule has 7 heteroatoms. The summed E-state index contributed by atoms with van der Waals surface area (Å²) < 4.78 is 29.6. The molecule has 0 aliphatic heterocycles. The summed E-state index contributed by atoms with van der Waals surface area (Å²) in [5, 5.41) is 3.03. The third-order valence-corrected chi connectivity index (χ3v) is 2.19. The van der Waals surface area contributed by atoms with Crippen molar-refractivity contribution in [2.75, 3.05) is 37.5 Å². The van der Waals surface area contributed by atoms with Gasteiger partial charge in [-0.2, -0.15) is 0 Å². The Balaban J connectivity index is 2.94. The minimum atomic E-state index is -2.40. The third kappa shape index (κ3) is 4.40. The zero-order chi connectivity index (χ0) is 13.5. The van der Waals surface area contributed by atoms with Gasteiger partial charge in [-0.1, -0.05) is 0 Å². The van der Waals surface area contributed by atoms with Crippen LogP contribution in [-0.2, 0) is 11.3 Å². The molecular weight excluding hydrogens is 242 g/mol. The number of halogens is 2. The van der Waals surface area contributed by atoms with E-state index >= 15 is 0 Å². The van der Waals surface area contributed by atoms with Crippen molar-refractivity contribution in [1.82, 2.24) is 9.97 Å². The van der Waals surface area contributed by atoms with Gasteiger partial charge in [-0.15, -0.1) is 0 Å². The van der Waals surface area contributed by atoms with Gasteiger partial charge in [-0.25, -0.2) is 18.7 Å². The van der Waals surface area contributed by atoms with Crippen molar-refractivity contribution in [1.29, 1.82) is 0 Å². The van der Waals surface area contributed by atoms with Gasteiger partial charge in [0.15, 0.2) is 5.82 Å². The fourth-order valence-corrected chi connectivity index (χ4v) is 1.44. The maximum Gasteiger partial charge on any atom is 0.255 e. The fourth-order valence-electron chi connectivity index (χ4n) is 1.44. The highest BCUT2D eigenvalue weighted by Gasteiger charge is 2.12. The van der Waals surface area contributed by atoms with Gasteiger partial charge in [-0.3, -0.25) is 0 Å². The average molecular weight is 260 g/mol. The molecule has 0 spiro atoms. The van der Waals surface area contributed by atoms with Crippen LogP contribution in [0, 0.1) is 0 Å². The molecule has 1 N–H and O–H groups in total. The van der Waals surface area contributed by atoms with Crippen LogP contribution < -0.4 is 10.2 Å². The Morgan fingerprint density at radius 2 is 2.17 bits per heavy atom. The van der Waals surface area contributed by atoms with E-state index in [2.05, 4.69) is 15.3 Å². The second-order valence-electron chi connectivity index (χ2n) is 3.76. The molecule has 5 nitrogen and oxygen atoms in total. The van der Waals surface area contributed by atoms with Crippen LogP contribution in [-0.4, -0.2) is 43.6 Å². The van der Waals surface area contributed by atoms with Crippen molar-refractivity contribution in [3.05, 3.63) is 11.9 Å². The topological polar surface area (TPSA) is 50.3 Å². The molecule has 0 aliphatic rings. The number of aromatic nitrogens is 2. The normalized spacial score (nSPS) is 10.8. The molecule has 0 atom stereocenters. The second kappa shape index (κ2) is 7.05. The summed E-state index contributed by atoms with van der Waals surface area (Å²) in [6, 6.07) is 1.64. The van der Waals surface area contributed by atoms with Crippen molar-refractivity contribution in [2.45, 2.75) is 20.0 Å². The number of methoxy groups -OCH3 is 1. The molecule has 0 fully saturated rings. The van der Waals surface area contributed by atoms with Gasteiger partial charge in [0, 0.05) is 26.8 Å². The highest BCUT2D eigenvalue weighted by Crippen LogP contribution is 2.16. The SMILES string of the molecule is CCNc1cc(N(C)CC(F)F)nc(COC)n1. The summed E-state index contributed by atoms with van der Waals surface area (Å²) in [6.45, 7) is 2.51. The molecule has 0 aromatic carbocycles. The van der Waals surface area contributed by atoms with E-state index in [4.69, 9.17) is 4.74 Å². The Morgan fingerprint density at radius 3 is 2.72 bits per heavy atom. The van der Waals surface area contributed by atoms with Crippen molar-refractivity contribution >= 4 is 11.6 Å². The maximum atomic E-state index is 12.3. The highest BCUT2D eigenvalue weighted by atomic mass is 19.3. The number of alkyl halides is 2. The summed E-state index contributed by atoms with van der Waals surface area (Å²) in [4.78, 5) is 9.78. The monoisotopic (exact) mass is 260 g/mol. The standard InChI is InChI=1S/C11H18F2N4O/c1-4-14-9-5-11(17(2)6-8(12)13)16-10(15-9)7-18-3/h5,8H,4,6-7H2,1-3H3,(H,14,15,16). The van der Waals surface area contributed by atoms with Gasteiger partial charge < -0.3 is 15.0 Å². The van der Waals surface area contributed by atoms with E-state index in [1.165, 1.54) is 12.0 Å². The van der Waals surface area contributed by atoms with Gasteiger partial charge in [0.05, 0.1) is 6.54 Å². The van der Waals surface area contributed by atoms with Gasteiger partial charge >= 0.3 is 0 Å². The van der Waals surface area contributed by atoms with Crippen molar-refractivity contribution in [2.24, 2.45) is 0 Å². The minimum absolute atomic E-state index is 0.245. The molecule has 0 radical (unpaired) electrons. The molecule has 0 saturated carbocycles. The van der Waals surface area contributed by atoms with E-state index in [0.29, 0.717) is 24.0 Å². The summed E-state index contributed by atoms with van der Waals surface area (Å²) in [5.74, 6) is 1.52. The molecule has 0 amide bonds. The number of rotatable bonds is 7. The largest absolute Gasteiger partial charge is 0.377 e. The van der Waals surface area contributed by atoms with Gasteiger partial charge in [0.1, 0.15) is 18.2 Å². The van der Waals surface area contributed by atoms with Crippen LogP contribution in [0.25, 0.3) is 0 Å². The molecule has 0 aliphatic carbocycles. The Morgan fingerprint density at radius 1 is 1.44 bits per heavy atom. The quantitative estimate of drug-likeness (QED) is 0.809. The van der Waals surface area contributed by atoms with E-state index in [9.17, 15) is 8.78 Å². The Bertz CT molecular complexity index is 352. The molecule has 18 heavy (non-hydrogen) atoms. The first-order chi connectivity index (χ1) is 8.56. The zero-order valence-electron chi connectivity index (χ0n) is 10.8. The lowest BCUT2D eigenvalue weighted by atomic mass is 10.4. The third-order valence-electron chi connectivity index (χ3n) is 2.19. The summed E-state index contributed by atoms with van der Waals surface area (Å²) in [5.41, 5.74) is 0. The summed E-state index contributed by atoms with van der Waals surface area (Å²) >= 11 is 0. The first-order valence-corrected chi connectivity index (χ1v) is 5.66. The van der Waals surface area contributed by atoms with Crippen molar-refractivity contribution in [3.63, 3.8) is 0 Å². The predicted octanol–water partition coefficient (Wildman–Crippen LogP) is 1.76. The van der Waals surface area contributed by atoms with Gasteiger partial charge in [-0.05, 0) is 6.92 Å². The molecule has 1 heterocycles. The lowest BCUT2D eigenvalue weighted by Gasteiger charge is -2.19. The van der Waals surface area contributed by atoms with Crippen LogP contribution in [0.1, 0.15) is 12.7 Å². The molecule has 102 valence electrons. The molecule has 0 saturated heterocycles. The number of nitrogens with zero attached hydrogens (tertiary/aromatic N) is 3. The van der Waals surface area contributed by atoms with Crippen molar-refractivity contribution < 1.29 is 13.5 Å². The number of hydrogen-bond acceptors (Lipinski definition) is 5. The Labute approximate surface area is 105 Å². The molecule has 0 bridgehead atoms. The van der Waals surface area contributed by atoms with Crippen LogP contribution in [0.15, 0.2) is 6.07 Å². The summed E-state index contributed by atoms with van der Waals surface area (Å²) in [7, 11) is 3.10. The Hall–Kier alpha value is -1.50. The molecule has 1 aromatic rings. The average Bonchev–Trinajstić information content (AvgIpc) is 2.28. The van der Waals surface area contributed by atoms with Crippen LogP contribution in [0.4, 0.5) is 20.4 Å². The van der Waals surface area contributed by atoms with Gasteiger partial charge in [0.25, 0.3) is 6.43 Å². The molecule has 0 unspecified atom stereocenters. The molecular formula is C11H18F2N4O. The number of ether oxygens (including phenoxy) is 1. The number of nitrogens with one attached hydrogen (secondary N) is 1. The Kier molecular flexibility index (Phi) is 5.70. The van der Waals surface area contributed by atoms with E-state index in [-0.39, 0.29) is 13.2 Å². The zero-order valence-corrected chi connectivity index (χ0v) is 10.8. The van der Waals surface area contributed by atoms with E-state index < -0.39 is 6.43 Å². The van der Waals surface area contributed by atoms with E-state index in [1.807, 2.05) is 6.92 Å². The maximum absolute atomic E-state index is 12.3. The highest BCUT2D eigenvalue weighted by molar-refractivity contribution is 5.49. The van der Waals surface area contributed by atoms with Crippen molar-refractivity contribution in [3.8, 4) is 0 Å². The number of anilines is 2. The second-order valence-corrected chi connectivity index (χ2v) is 3.76. The van der Waals surface area contributed by atoms with Crippen LogP contribution in [0.5, 0.6) is 0 Å². The van der Waals surface area contributed by atoms with Crippen LogP contribution in [0.3, 0.4) is 0 Å². The minimum Gasteiger partial charge on any atom is -0.377 e. The number of hydrogen-bond donors (Lipinski definition) is 1. The predicted molar refractivity (Wildman–Crippen MR) is 66.2 cm³/mol. The van der Waals surface area contributed by atoms with E-state index in [1.54, 1.807) is 13.1 Å². The summed E-state index contributed by atoms with van der Waals surface area (Å²) in [6.07, 6.45) is -2.40. The lowest BCUT2D eigenvalue weighted by molar-refractivity contribution is 0.156. The lowest BCUT2D eigenvalue weighted by Crippen LogP contribution is -2.25. The molecule has 1 rings (SSSR count). The first kappa shape index (κ1) is 14.6. The van der Waals surface area contributed by atoms with Crippen LogP contribution >= 0.6 is 0 Å². The first-order valence-electron chi connectivity index (χ1n) is 5.66. The van der Waals surface area contributed by atoms with Crippen LogP contribution in [0.2, 0.25) is 0 Å². The van der Waals surface area contributed by atoms with Gasteiger partial charge in [0.2, 0.25) is 0 Å². The smallest absolute Gasteiger partial charge is 0.255 e. The van der Waals surface area contributed by atoms with E-state index in [0.717, 1.165) is 0 Å². The molecule has 1 aromatic heterocycles.